The zero-order chi connectivity index (χ0) is 18.8. The van der Waals surface area contributed by atoms with Crippen LogP contribution >= 0.6 is 24.0 Å². The van der Waals surface area contributed by atoms with Gasteiger partial charge in [-0.1, -0.05) is 37.3 Å². The van der Waals surface area contributed by atoms with Crippen LogP contribution in [0.4, 0.5) is 0 Å². The molecule has 27 heavy (non-hydrogen) atoms. The van der Waals surface area contributed by atoms with Crippen molar-refractivity contribution in [1.82, 2.24) is 30.3 Å². The molecule has 0 amide bonds. The molecule has 0 bridgehead atoms. The van der Waals surface area contributed by atoms with Crippen molar-refractivity contribution in [2.75, 3.05) is 27.2 Å². The van der Waals surface area contributed by atoms with Gasteiger partial charge in [-0.2, -0.15) is 0 Å². The minimum absolute atomic E-state index is 0. The molecule has 150 valence electrons. The van der Waals surface area contributed by atoms with Crippen LogP contribution in [0, 0.1) is 0 Å². The number of aryl methyl sites for hydroxylation is 1. The van der Waals surface area contributed by atoms with Gasteiger partial charge in [-0.25, -0.2) is 0 Å². The lowest BCUT2D eigenvalue weighted by molar-refractivity contribution is 0.249. The molecule has 7 nitrogen and oxygen atoms in total. The van der Waals surface area contributed by atoms with Crippen molar-refractivity contribution in [2.45, 2.75) is 39.4 Å². The SMILES string of the molecule is CCc1nncn1CCNC(=NC)NCC(C)N(C)Cc1ccccc1.I. The van der Waals surface area contributed by atoms with E-state index in [0.29, 0.717) is 6.04 Å². The maximum atomic E-state index is 4.30. The van der Waals surface area contributed by atoms with Crippen LogP contribution in [0.1, 0.15) is 25.2 Å². The normalized spacial score (nSPS) is 12.6. The fourth-order valence-corrected chi connectivity index (χ4v) is 2.68. The summed E-state index contributed by atoms with van der Waals surface area (Å²) in [7, 11) is 3.94. The van der Waals surface area contributed by atoms with E-state index in [0.717, 1.165) is 44.4 Å². The summed E-state index contributed by atoms with van der Waals surface area (Å²) < 4.78 is 2.07. The number of likely N-dealkylation sites (N-methyl/N-ethyl adjacent to an activating group) is 1. The Hall–Kier alpha value is -1.68. The summed E-state index contributed by atoms with van der Waals surface area (Å²) in [6.45, 7) is 7.66. The molecule has 0 saturated heterocycles. The van der Waals surface area contributed by atoms with Gasteiger partial charge < -0.3 is 15.2 Å². The second kappa shape index (κ2) is 12.7. The fourth-order valence-electron chi connectivity index (χ4n) is 2.68. The molecule has 0 aliphatic rings. The smallest absolute Gasteiger partial charge is 0.191 e. The standard InChI is InChI=1S/C19H31N7.HI/c1-5-18-24-23-15-26(18)12-11-21-19(20-3)22-13-16(2)25(4)14-17-9-7-6-8-10-17;/h6-10,15-16H,5,11-14H2,1-4H3,(H2,20,21,22);1H. The van der Waals surface area contributed by atoms with Gasteiger partial charge in [0.1, 0.15) is 12.2 Å². The van der Waals surface area contributed by atoms with Gasteiger partial charge in [0, 0.05) is 45.7 Å². The Morgan fingerprint density at radius 1 is 1.26 bits per heavy atom. The monoisotopic (exact) mass is 485 g/mol. The average molecular weight is 485 g/mol. The first-order valence-corrected chi connectivity index (χ1v) is 9.19. The molecular formula is C19H32IN7. The Labute approximate surface area is 179 Å². The summed E-state index contributed by atoms with van der Waals surface area (Å²) >= 11 is 0. The summed E-state index contributed by atoms with van der Waals surface area (Å²) in [6.07, 6.45) is 2.66. The predicted octanol–water partition coefficient (Wildman–Crippen LogP) is 2.14. The number of halogens is 1. The van der Waals surface area contributed by atoms with Gasteiger partial charge in [-0.05, 0) is 19.5 Å². The molecule has 8 heteroatoms. The van der Waals surface area contributed by atoms with E-state index in [1.54, 1.807) is 13.4 Å². The topological polar surface area (TPSA) is 70.4 Å². The minimum atomic E-state index is 0. The highest BCUT2D eigenvalue weighted by Crippen LogP contribution is 2.05. The van der Waals surface area contributed by atoms with Crippen molar-refractivity contribution in [2.24, 2.45) is 4.99 Å². The van der Waals surface area contributed by atoms with E-state index in [1.807, 2.05) is 6.07 Å². The molecule has 1 aromatic carbocycles. The first-order chi connectivity index (χ1) is 12.6. The number of benzene rings is 1. The molecule has 1 atom stereocenters. The van der Waals surface area contributed by atoms with E-state index in [1.165, 1.54) is 5.56 Å². The molecule has 0 spiro atoms. The Kier molecular flexibility index (Phi) is 11.0. The largest absolute Gasteiger partial charge is 0.355 e. The summed E-state index contributed by atoms with van der Waals surface area (Å²) in [4.78, 5) is 6.63. The number of nitrogens with one attached hydrogen (secondary N) is 2. The van der Waals surface area contributed by atoms with Crippen LogP contribution in [0.5, 0.6) is 0 Å². The Morgan fingerprint density at radius 2 is 2.00 bits per heavy atom. The fraction of sp³-hybridized carbons (Fsp3) is 0.526. The molecule has 2 N–H and O–H groups in total. The molecule has 1 unspecified atom stereocenters. The predicted molar refractivity (Wildman–Crippen MR) is 122 cm³/mol. The zero-order valence-electron chi connectivity index (χ0n) is 16.7. The number of guanidine groups is 1. The van der Waals surface area contributed by atoms with E-state index < -0.39 is 0 Å². The van der Waals surface area contributed by atoms with Crippen molar-refractivity contribution in [3.05, 3.63) is 48.0 Å². The highest BCUT2D eigenvalue weighted by atomic mass is 127. The minimum Gasteiger partial charge on any atom is -0.355 e. The summed E-state index contributed by atoms with van der Waals surface area (Å²) in [6, 6.07) is 10.9. The quantitative estimate of drug-likeness (QED) is 0.324. The van der Waals surface area contributed by atoms with Crippen molar-refractivity contribution >= 4 is 29.9 Å². The molecule has 1 heterocycles. The van der Waals surface area contributed by atoms with Crippen LogP contribution in [0.2, 0.25) is 0 Å². The summed E-state index contributed by atoms with van der Waals surface area (Å²) in [5.74, 6) is 1.82. The Balaban J connectivity index is 0.00000364. The summed E-state index contributed by atoms with van der Waals surface area (Å²) in [5.41, 5.74) is 1.32. The molecule has 0 aliphatic carbocycles. The third-order valence-corrected chi connectivity index (χ3v) is 4.47. The maximum Gasteiger partial charge on any atom is 0.191 e. The average Bonchev–Trinajstić information content (AvgIpc) is 3.12. The number of hydrogen-bond acceptors (Lipinski definition) is 4. The number of aromatic nitrogens is 3. The van der Waals surface area contributed by atoms with Crippen molar-refractivity contribution < 1.29 is 0 Å². The highest BCUT2D eigenvalue weighted by Gasteiger charge is 2.10. The molecule has 0 fully saturated rings. The van der Waals surface area contributed by atoms with Crippen LogP contribution in [0.25, 0.3) is 0 Å². The third-order valence-electron chi connectivity index (χ3n) is 4.47. The zero-order valence-corrected chi connectivity index (χ0v) is 19.1. The molecule has 0 radical (unpaired) electrons. The second-order valence-corrected chi connectivity index (χ2v) is 6.42. The second-order valence-electron chi connectivity index (χ2n) is 6.42. The molecule has 0 aliphatic heterocycles. The van der Waals surface area contributed by atoms with Gasteiger partial charge >= 0.3 is 0 Å². The number of rotatable bonds is 9. The van der Waals surface area contributed by atoms with Crippen LogP contribution in [-0.4, -0.2) is 58.9 Å². The van der Waals surface area contributed by atoms with Gasteiger partial charge in [-0.15, -0.1) is 34.2 Å². The molecule has 1 aromatic heterocycles. The van der Waals surface area contributed by atoms with E-state index in [2.05, 4.69) is 80.5 Å². The first kappa shape index (κ1) is 23.4. The summed E-state index contributed by atoms with van der Waals surface area (Å²) in [5, 5.41) is 14.8. The van der Waals surface area contributed by atoms with Gasteiger partial charge in [0.05, 0.1) is 0 Å². The van der Waals surface area contributed by atoms with Crippen LogP contribution in [0.3, 0.4) is 0 Å². The molecular weight excluding hydrogens is 453 g/mol. The molecule has 2 rings (SSSR count). The number of hydrogen-bond donors (Lipinski definition) is 2. The van der Waals surface area contributed by atoms with E-state index >= 15 is 0 Å². The lowest BCUT2D eigenvalue weighted by Crippen LogP contribution is -2.45. The van der Waals surface area contributed by atoms with Crippen molar-refractivity contribution in [3.8, 4) is 0 Å². The van der Waals surface area contributed by atoms with Crippen molar-refractivity contribution in [3.63, 3.8) is 0 Å². The van der Waals surface area contributed by atoms with E-state index in [-0.39, 0.29) is 24.0 Å². The first-order valence-electron chi connectivity index (χ1n) is 9.19. The van der Waals surface area contributed by atoms with Gasteiger partial charge in [0.15, 0.2) is 5.96 Å². The molecule has 2 aromatic rings. The number of nitrogens with zero attached hydrogens (tertiary/aromatic N) is 5. The van der Waals surface area contributed by atoms with Crippen molar-refractivity contribution in [1.29, 1.82) is 0 Å². The Bertz CT molecular complexity index is 672. The molecule has 0 saturated carbocycles. The van der Waals surface area contributed by atoms with Gasteiger partial charge in [-0.3, -0.25) is 9.89 Å². The maximum absolute atomic E-state index is 4.30. The van der Waals surface area contributed by atoms with Crippen LogP contribution in [0.15, 0.2) is 41.7 Å². The van der Waals surface area contributed by atoms with Crippen LogP contribution < -0.4 is 10.6 Å². The number of aliphatic imine (C=N–C) groups is 1. The van der Waals surface area contributed by atoms with Gasteiger partial charge in [0.25, 0.3) is 0 Å². The highest BCUT2D eigenvalue weighted by molar-refractivity contribution is 14.0. The lowest BCUT2D eigenvalue weighted by Gasteiger charge is -2.25. The third kappa shape index (κ3) is 7.84. The Morgan fingerprint density at radius 3 is 2.67 bits per heavy atom. The van der Waals surface area contributed by atoms with Gasteiger partial charge in [0.2, 0.25) is 0 Å². The van der Waals surface area contributed by atoms with E-state index in [4.69, 9.17) is 0 Å². The van der Waals surface area contributed by atoms with E-state index in [9.17, 15) is 0 Å². The lowest BCUT2D eigenvalue weighted by atomic mass is 10.2. The van der Waals surface area contributed by atoms with Crippen LogP contribution in [-0.2, 0) is 19.5 Å².